The van der Waals surface area contributed by atoms with Crippen LogP contribution in [-0.2, 0) is 12.6 Å². The summed E-state index contributed by atoms with van der Waals surface area (Å²) < 4.78 is 7.12. The molecule has 0 radical (unpaired) electrons. The summed E-state index contributed by atoms with van der Waals surface area (Å²) in [5, 5.41) is 0. The Labute approximate surface area is 163 Å². The monoisotopic (exact) mass is 367 g/mol. The molecule has 4 nitrogen and oxygen atoms in total. The first-order valence-electron chi connectivity index (χ1n) is 9.83. The van der Waals surface area contributed by atoms with Gasteiger partial charge in [0.05, 0.1) is 38.7 Å². The van der Waals surface area contributed by atoms with Crippen LogP contribution in [0.1, 0.15) is 30.7 Å². The summed E-state index contributed by atoms with van der Waals surface area (Å²) in [6.45, 7) is 9.02. The fourth-order valence-electron chi connectivity index (χ4n) is 5.09. The quantitative estimate of drug-likeness (QED) is 0.366. The Morgan fingerprint density at radius 2 is 1.71 bits per heavy atom. The van der Waals surface area contributed by atoms with Crippen molar-refractivity contribution in [2.24, 2.45) is 7.05 Å². The van der Waals surface area contributed by atoms with Crippen molar-refractivity contribution in [1.29, 1.82) is 0 Å². The number of fused-ring (bicyclic) bond motifs is 7. The lowest BCUT2D eigenvalue weighted by Gasteiger charge is -2.33. The van der Waals surface area contributed by atoms with E-state index in [0.717, 1.165) is 11.3 Å². The van der Waals surface area contributed by atoms with Crippen LogP contribution in [0.2, 0.25) is 0 Å². The Kier molecular flexibility index (Phi) is 2.73. The molecule has 4 heterocycles. The van der Waals surface area contributed by atoms with E-state index in [0.29, 0.717) is 0 Å². The van der Waals surface area contributed by atoms with Crippen molar-refractivity contribution in [1.82, 2.24) is 14.0 Å². The van der Waals surface area contributed by atoms with Crippen molar-refractivity contribution in [3.63, 3.8) is 0 Å². The Morgan fingerprint density at radius 3 is 2.54 bits per heavy atom. The molecule has 0 bridgehead atoms. The maximum Gasteiger partial charge on any atom is 0.220 e. The Balaban J connectivity index is 1.96. The summed E-state index contributed by atoms with van der Waals surface area (Å²) >= 11 is 0. The lowest BCUT2D eigenvalue weighted by molar-refractivity contribution is -0.667. The van der Waals surface area contributed by atoms with Crippen LogP contribution in [0, 0.1) is 13.8 Å². The lowest BCUT2D eigenvalue weighted by Crippen LogP contribution is -2.42. The second kappa shape index (κ2) is 4.82. The molecule has 0 unspecified atom stereocenters. The van der Waals surface area contributed by atoms with Gasteiger partial charge in [-0.3, -0.25) is 8.97 Å². The number of hydrogen-bond acceptors (Lipinski definition) is 1. The highest BCUT2D eigenvalue weighted by atomic mass is 15.2. The summed E-state index contributed by atoms with van der Waals surface area (Å²) in [7, 11) is 2.18. The number of benzene rings is 2. The van der Waals surface area contributed by atoms with Crippen molar-refractivity contribution in [3.8, 4) is 11.3 Å². The number of nitrogens with zero attached hydrogens (tertiary/aromatic N) is 4. The van der Waals surface area contributed by atoms with E-state index in [2.05, 4.69) is 96.8 Å². The van der Waals surface area contributed by atoms with Crippen LogP contribution in [0.25, 0.3) is 39.1 Å². The van der Waals surface area contributed by atoms with Gasteiger partial charge in [0, 0.05) is 13.0 Å². The molecule has 0 spiro atoms. The zero-order chi connectivity index (χ0) is 19.4. The van der Waals surface area contributed by atoms with Crippen LogP contribution in [0.5, 0.6) is 0 Å². The molecule has 28 heavy (non-hydrogen) atoms. The normalized spacial score (nSPS) is 14.9. The summed E-state index contributed by atoms with van der Waals surface area (Å²) in [6.07, 6.45) is 0. The van der Waals surface area contributed by atoms with E-state index in [1.54, 1.807) is 0 Å². The second-order valence-corrected chi connectivity index (χ2v) is 8.55. The SMILES string of the molecule is Cc1ccc2c3c1-c1c(ccc(C)[n+]1C)C(C)(C)n3c1nc3ccccc3n21. The minimum absolute atomic E-state index is 0.202. The molecule has 4 heteroatoms. The van der Waals surface area contributed by atoms with Gasteiger partial charge >= 0.3 is 0 Å². The van der Waals surface area contributed by atoms with Crippen molar-refractivity contribution in [2.45, 2.75) is 33.2 Å². The van der Waals surface area contributed by atoms with Crippen LogP contribution < -0.4 is 4.57 Å². The minimum Gasteiger partial charge on any atom is -0.299 e. The molecule has 0 atom stereocenters. The zero-order valence-electron chi connectivity index (χ0n) is 16.9. The van der Waals surface area contributed by atoms with E-state index in [1.807, 2.05) is 0 Å². The zero-order valence-corrected chi connectivity index (χ0v) is 16.9. The molecule has 0 amide bonds. The van der Waals surface area contributed by atoms with E-state index in [-0.39, 0.29) is 5.54 Å². The molecule has 3 aromatic heterocycles. The summed E-state index contributed by atoms with van der Waals surface area (Å²) in [4.78, 5) is 5.06. The number of para-hydroxylation sites is 2. The van der Waals surface area contributed by atoms with Crippen LogP contribution in [-0.4, -0.2) is 14.0 Å². The molecular formula is C24H23N4+. The minimum atomic E-state index is -0.202. The summed E-state index contributed by atoms with van der Waals surface area (Å²) in [5.74, 6) is 1.02. The van der Waals surface area contributed by atoms with Gasteiger partial charge in [0.1, 0.15) is 7.05 Å². The molecule has 1 aliphatic heterocycles. The van der Waals surface area contributed by atoms with E-state index in [1.165, 1.54) is 44.6 Å². The van der Waals surface area contributed by atoms with Gasteiger partial charge in [-0.1, -0.05) is 18.2 Å². The predicted octanol–water partition coefficient (Wildman–Crippen LogP) is 4.65. The number of aromatic nitrogens is 4. The molecule has 138 valence electrons. The maximum atomic E-state index is 5.06. The van der Waals surface area contributed by atoms with Gasteiger partial charge in [-0.05, 0) is 50.6 Å². The number of aryl methyl sites for hydroxylation is 2. The highest BCUT2D eigenvalue weighted by molar-refractivity contribution is 6.01. The first-order chi connectivity index (χ1) is 13.4. The van der Waals surface area contributed by atoms with Crippen molar-refractivity contribution in [2.75, 3.05) is 0 Å². The van der Waals surface area contributed by atoms with E-state index < -0.39 is 0 Å². The first-order valence-corrected chi connectivity index (χ1v) is 9.83. The molecular weight excluding hydrogens is 344 g/mol. The molecule has 0 saturated carbocycles. The summed E-state index contributed by atoms with van der Waals surface area (Å²) in [6, 6.07) is 17.5. The van der Waals surface area contributed by atoms with Gasteiger partial charge in [0.15, 0.2) is 5.69 Å². The molecule has 1 aliphatic rings. The third-order valence-electron chi connectivity index (χ3n) is 6.64. The first kappa shape index (κ1) is 15.9. The Morgan fingerprint density at radius 1 is 0.929 bits per heavy atom. The molecule has 0 fully saturated rings. The second-order valence-electron chi connectivity index (χ2n) is 8.55. The van der Waals surface area contributed by atoms with Crippen molar-refractivity contribution >= 4 is 27.8 Å². The van der Waals surface area contributed by atoms with Gasteiger partial charge < -0.3 is 0 Å². The third kappa shape index (κ3) is 1.63. The smallest absolute Gasteiger partial charge is 0.220 e. The predicted molar refractivity (Wildman–Crippen MR) is 113 cm³/mol. The average Bonchev–Trinajstić information content (AvgIpc) is 3.18. The molecule has 6 rings (SSSR count). The number of hydrogen-bond donors (Lipinski definition) is 0. The van der Waals surface area contributed by atoms with Crippen molar-refractivity contribution in [3.05, 3.63) is 65.4 Å². The third-order valence-corrected chi connectivity index (χ3v) is 6.64. The van der Waals surface area contributed by atoms with Gasteiger partial charge in [-0.2, -0.15) is 4.57 Å². The Bertz CT molecular complexity index is 1460. The molecule has 5 aromatic rings. The topological polar surface area (TPSA) is 26.1 Å². The molecule has 0 aliphatic carbocycles. The van der Waals surface area contributed by atoms with Crippen LogP contribution >= 0.6 is 0 Å². The van der Waals surface area contributed by atoms with Crippen molar-refractivity contribution < 1.29 is 4.57 Å². The highest BCUT2D eigenvalue weighted by Gasteiger charge is 2.41. The molecule has 0 saturated heterocycles. The number of imidazole rings is 2. The van der Waals surface area contributed by atoms with Gasteiger partial charge in [-0.25, -0.2) is 4.98 Å². The van der Waals surface area contributed by atoms with E-state index in [4.69, 9.17) is 4.98 Å². The fraction of sp³-hybridized carbons (Fsp3) is 0.250. The number of rotatable bonds is 0. The number of pyridine rings is 1. The van der Waals surface area contributed by atoms with Crippen LogP contribution in [0.3, 0.4) is 0 Å². The average molecular weight is 367 g/mol. The van der Waals surface area contributed by atoms with E-state index >= 15 is 0 Å². The molecule has 2 aromatic carbocycles. The fourth-order valence-corrected chi connectivity index (χ4v) is 5.09. The van der Waals surface area contributed by atoms with Gasteiger partial charge in [-0.15, -0.1) is 0 Å². The van der Waals surface area contributed by atoms with Gasteiger partial charge in [0.2, 0.25) is 11.5 Å². The van der Waals surface area contributed by atoms with Gasteiger partial charge in [0.25, 0.3) is 0 Å². The maximum absolute atomic E-state index is 5.06. The van der Waals surface area contributed by atoms with Crippen LogP contribution in [0.4, 0.5) is 0 Å². The lowest BCUT2D eigenvalue weighted by atomic mass is 9.84. The largest absolute Gasteiger partial charge is 0.299 e. The highest BCUT2D eigenvalue weighted by Crippen LogP contribution is 2.46. The summed E-state index contributed by atoms with van der Waals surface area (Å²) in [5.41, 5.74) is 11.1. The van der Waals surface area contributed by atoms with E-state index in [9.17, 15) is 0 Å². The molecule has 0 N–H and O–H groups in total. The standard InChI is InChI=1S/C24H23N4/c1-14-10-13-19-22-20(14)21-16(12-11-15(2)26(21)5)24(3,4)28(22)23-25-17-8-6-7-9-18(17)27(19)23/h6-13H,1-5H3/q+1. The van der Waals surface area contributed by atoms with Crippen LogP contribution in [0.15, 0.2) is 48.5 Å². The Hall–Kier alpha value is -3.14.